The van der Waals surface area contributed by atoms with E-state index >= 15 is 0 Å². The highest BCUT2D eigenvalue weighted by molar-refractivity contribution is 9.10. The van der Waals surface area contributed by atoms with Crippen molar-refractivity contribution in [2.75, 3.05) is 32.9 Å². The van der Waals surface area contributed by atoms with E-state index in [-0.39, 0.29) is 54.8 Å². The lowest BCUT2D eigenvalue weighted by atomic mass is 10.1. The van der Waals surface area contributed by atoms with E-state index in [0.29, 0.717) is 17.7 Å². The summed E-state index contributed by atoms with van der Waals surface area (Å²) < 4.78 is 70.7. The highest BCUT2D eigenvalue weighted by Gasteiger charge is 2.34. The lowest BCUT2D eigenvalue weighted by molar-refractivity contribution is -0.275. The SMILES string of the molecule is CCS(=O)(=O)c1ccc(Cl)cc1Cn1c(=O)[nH]c2c(Br)c(CN3CCC(N(C)C)C3)c(OC(F)(F)F)cc2c1=O. The van der Waals surface area contributed by atoms with Crippen molar-refractivity contribution in [1.82, 2.24) is 19.4 Å². The number of rotatable bonds is 8. The fourth-order valence-corrected chi connectivity index (χ4v) is 6.72. The summed E-state index contributed by atoms with van der Waals surface area (Å²) in [6, 6.07) is 5.18. The minimum absolute atomic E-state index is 0.00614. The fourth-order valence-electron chi connectivity index (χ4n) is 4.78. The molecule has 1 aliphatic heterocycles. The Balaban J connectivity index is 1.86. The van der Waals surface area contributed by atoms with E-state index in [0.717, 1.165) is 12.5 Å². The Morgan fingerprint density at radius 1 is 1.20 bits per heavy atom. The summed E-state index contributed by atoms with van der Waals surface area (Å²) in [5.74, 6) is -0.807. The molecule has 1 N–H and O–H groups in total. The highest BCUT2D eigenvalue weighted by Crippen LogP contribution is 2.37. The number of hydrogen-bond acceptors (Lipinski definition) is 7. The van der Waals surface area contributed by atoms with Crippen LogP contribution in [0.15, 0.2) is 43.2 Å². The number of benzene rings is 2. The number of ether oxygens (including phenoxy) is 1. The minimum Gasteiger partial charge on any atom is -0.405 e. The number of fused-ring (bicyclic) bond motifs is 1. The van der Waals surface area contributed by atoms with E-state index in [1.165, 1.54) is 25.1 Å². The molecule has 3 aromatic rings. The third-order valence-electron chi connectivity index (χ3n) is 6.93. The Labute approximate surface area is 241 Å². The van der Waals surface area contributed by atoms with Gasteiger partial charge in [0.2, 0.25) is 0 Å². The minimum atomic E-state index is -5.04. The van der Waals surface area contributed by atoms with Gasteiger partial charge in [-0.05, 0) is 66.3 Å². The van der Waals surface area contributed by atoms with Crippen molar-refractivity contribution in [3.8, 4) is 5.75 Å². The summed E-state index contributed by atoms with van der Waals surface area (Å²) in [7, 11) is 0.117. The fraction of sp³-hybridized carbons (Fsp3) is 0.440. The smallest absolute Gasteiger partial charge is 0.405 e. The summed E-state index contributed by atoms with van der Waals surface area (Å²) >= 11 is 9.37. The van der Waals surface area contributed by atoms with Crippen LogP contribution in [-0.2, 0) is 22.9 Å². The summed E-state index contributed by atoms with van der Waals surface area (Å²) in [5.41, 5.74) is -1.57. The van der Waals surface area contributed by atoms with Gasteiger partial charge in [0.1, 0.15) is 5.75 Å². The second-order valence-electron chi connectivity index (χ2n) is 9.76. The summed E-state index contributed by atoms with van der Waals surface area (Å²) in [6.07, 6.45) is -4.21. The van der Waals surface area contributed by atoms with E-state index in [1.54, 1.807) is 0 Å². The molecule has 1 aromatic heterocycles. The molecule has 9 nitrogen and oxygen atoms in total. The van der Waals surface area contributed by atoms with Gasteiger partial charge in [0.15, 0.2) is 9.84 Å². The molecule has 0 radical (unpaired) electrons. The average Bonchev–Trinajstić information content (AvgIpc) is 3.33. The number of likely N-dealkylation sites (N-methyl/N-ethyl adjacent to an activating group) is 1. The highest BCUT2D eigenvalue weighted by atomic mass is 79.9. The molecular formula is C25H27BrClF3N4O5S. The summed E-state index contributed by atoms with van der Waals surface area (Å²) in [6.45, 7) is 2.30. The zero-order valence-electron chi connectivity index (χ0n) is 21.8. The van der Waals surface area contributed by atoms with Crippen molar-refractivity contribution >= 4 is 48.3 Å². The van der Waals surface area contributed by atoms with Gasteiger partial charge in [-0.2, -0.15) is 0 Å². The van der Waals surface area contributed by atoms with Crippen LogP contribution in [0.5, 0.6) is 5.75 Å². The molecular weight excluding hydrogens is 641 g/mol. The van der Waals surface area contributed by atoms with Crippen molar-refractivity contribution in [2.45, 2.75) is 43.7 Å². The number of sulfone groups is 1. The Morgan fingerprint density at radius 2 is 1.90 bits per heavy atom. The molecule has 0 spiro atoms. The van der Waals surface area contributed by atoms with Gasteiger partial charge in [0.05, 0.1) is 32.6 Å². The Bertz CT molecular complexity index is 1670. The number of nitrogens with one attached hydrogen (secondary N) is 1. The number of aromatic nitrogens is 2. The zero-order valence-corrected chi connectivity index (χ0v) is 25.0. The predicted octanol–water partition coefficient (Wildman–Crippen LogP) is 3.98. The van der Waals surface area contributed by atoms with E-state index in [1.807, 2.05) is 23.9 Å². The Morgan fingerprint density at radius 3 is 2.50 bits per heavy atom. The van der Waals surface area contributed by atoms with E-state index < -0.39 is 39.7 Å². The van der Waals surface area contributed by atoms with Crippen LogP contribution in [0.25, 0.3) is 10.9 Å². The molecule has 218 valence electrons. The van der Waals surface area contributed by atoms with Crippen molar-refractivity contribution in [3.05, 3.63) is 65.7 Å². The standard InChI is InChI=1S/C25H27BrClF3N4O5S/c1-4-40(37,38)20-6-5-15(27)9-14(20)11-34-23(35)17-10-19(39-25(28,29)30)18(21(26)22(17)31-24(34)36)13-33-8-7-16(12-33)32(2)3/h5-6,9-10,16H,4,7-8,11-13H2,1-3H3,(H,31,36). The molecule has 0 aliphatic carbocycles. The monoisotopic (exact) mass is 666 g/mol. The number of aromatic amines is 1. The summed E-state index contributed by atoms with van der Waals surface area (Å²) in [5, 5.41) is -0.0639. The second kappa shape index (κ2) is 11.5. The van der Waals surface area contributed by atoms with Crippen molar-refractivity contribution < 1.29 is 26.3 Å². The molecule has 1 saturated heterocycles. The van der Waals surface area contributed by atoms with E-state index in [2.05, 4.69) is 25.7 Å². The van der Waals surface area contributed by atoms with Gasteiger partial charge >= 0.3 is 12.1 Å². The maximum atomic E-state index is 13.5. The Hall–Kier alpha value is -2.39. The second-order valence-corrected chi connectivity index (χ2v) is 13.2. The molecule has 15 heteroatoms. The largest absolute Gasteiger partial charge is 0.573 e. The molecule has 2 heterocycles. The number of halogens is 5. The van der Waals surface area contributed by atoms with Gasteiger partial charge < -0.3 is 14.6 Å². The lowest BCUT2D eigenvalue weighted by Gasteiger charge is -2.23. The lowest BCUT2D eigenvalue weighted by Crippen LogP contribution is -2.36. The zero-order chi connectivity index (χ0) is 29.6. The van der Waals surface area contributed by atoms with Crippen molar-refractivity contribution in [3.63, 3.8) is 0 Å². The molecule has 1 atom stereocenters. The molecule has 0 saturated carbocycles. The molecule has 0 bridgehead atoms. The van der Waals surface area contributed by atoms with Crippen LogP contribution in [0.2, 0.25) is 5.02 Å². The number of alkyl halides is 3. The van der Waals surface area contributed by atoms with Gasteiger partial charge in [0, 0.05) is 36.3 Å². The van der Waals surface area contributed by atoms with Crippen LogP contribution >= 0.6 is 27.5 Å². The van der Waals surface area contributed by atoms with Crippen molar-refractivity contribution in [2.24, 2.45) is 0 Å². The maximum Gasteiger partial charge on any atom is 0.573 e. The molecule has 1 aliphatic rings. The normalized spacial score (nSPS) is 16.8. The van der Waals surface area contributed by atoms with Crippen LogP contribution in [0.3, 0.4) is 0 Å². The summed E-state index contributed by atoms with van der Waals surface area (Å²) in [4.78, 5) is 33.1. The predicted molar refractivity (Wildman–Crippen MR) is 149 cm³/mol. The topological polar surface area (TPSA) is 105 Å². The van der Waals surface area contributed by atoms with E-state index in [4.69, 9.17) is 11.6 Å². The van der Waals surface area contributed by atoms with Crippen LogP contribution in [-0.4, -0.2) is 73.1 Å². The first-order valence-electron chi connectivity index (χ1n) is 12.2. The number of likely N-dealkylation sites (tertiary alicyclic amines) is 1. The molecule has 2 aromatic carbocycles. The van der Waals surface area contributed by atoms with Crippen LogP contribution in [0.4, 0.5) is 13.2 Å². The van der Waals surface area contributed by atoms with Gasteiger partial charge in [-0.3, -0.25) is 14.3 Å². The number of hydrogen-bond donors (Lipinski definition) is 1. The Kier molecular flexibility index (Phi) is 8.77. The molecule has 4 rings (SSSR count). The van der Waals surface area contributed by atoms with Gasteiger partial charge in [-0.25, -0.2) is 13.2 Å². The first kappa shape index (κ1) is 30.6. The molecule has 40 heavy (non-hydrogen) atoms. The van der Waals surface area contributed by atoms with Gasteiger partial charge in [-0.1, -0.05) is 18.5 Å². The van der Waals surface area contributed by atoms with Gasteiger partial charge in [0.25, 0.3) is 5.56 Å². The first-order chi connectivity index (χ1) is 18.6. The number of nitrogens with zero attached hydrogens (tertiary/aromatic N) is 3. The van der Waals surface area contributed by atoms with Gasteiger partial charge in [-0.15, -0.1) is 13.2 Å². The maximum absolute atomic E-state index is 13.5. The molecule has 1 unspecified atom stereocenters. The van der Waals surface area contributed by atoms with E-state index in [9.17, 15) is 31.2 Å². The van der Waals surface area contributed by atoms with Crippen LogP contribution < -0.4 is 16.0 Å². The molecule has 0 amide bonds. The first-order valence-corrected chi connectivity index (χ1v) is 15.1. The quantitative estimate of drug-likeness (QED) is 0.388. The van der Waals surface area contributed by atoms with Crippen molar-refractivity contribution in [1.29, 1.82) is 0 Å². The van der Waals surface area contributed by atoms with Crippen LogP contribution in [0, 0.1) is 0 Å². The average molecular weight is 668 g/mol. The number of H-pyrrole nitrogens is 1. The van der Waals surface area contributed by atoms with Crippen LogP contribution in [0.1, 0.15) is 24.5 Å². The third kappa shape index (κ3) is 6.40. The third-order valence-corrected chi connectivity index (χ3v) is 9.87. The molecule has 1 fully saturated rings.